The highest BCUT2D eigenvalue weighted by molar-refractivity contribution is 7.19. The zero-order chi connectivity index (χ0) is 13.1. The second-order valence-electron chi connectivity index (χ2n) is 4.05. The van der Waals surface area contributed by atoms with E-state index in [0.29, 0.717) is 0 Å². The summed E-state index contributed by atoms with van der Waals surface area (Å²) in [6.07, 6.45) is 3.62. The summed E-state index contributed by atoms with van der Waals surface area (Å²) in [5, 5.41) is 4.03. The minimum Gasteiger partial charge on any atom is -0.365 e. The summed E-state index contributed by atoms with van der Waals surface area (Å²) >= 11 is 1.66. The van der Waals surface area contributed by atoms with Crippen molar-refractivity contribution in [3.05, 3.63) is 54.9 Å². The Kier molecular flexibility index (Phi) is 3.25. The number of aromatic nitrogens is 2. The van der Waals surface area contributed by atoms with Gasteiger partial charge in [0.25, 0.3) is 0 Å². The number of anilines is 1. The molecule has 1 aromatic carbocycles. The Hall–Kier alpha value is -2.20. The summed E-state index contributed by atoms with van der Waals surface area (Å²) in [5.41, 5.74) is 3.20. The van der Waals surface area contributed by atoms with Crippen LogP contribution in [0.4, 0.5) is 5.13 Å². The second-order valence-corrected chi connectivity index (χ2v) is 5.05. The quantitative estimate of drug-likeness (QED) is 0.781. The molecule has 0 aliphatic rings. The third-order valence-electron chi connectivity index (χ3n) is 2.81. The van der Waals surface area contributed by atoms with Gasteiger partial charge in [-0.1, -0.05) is 41.7 Å². The van der Waals surface area contributed by atoms with Gasteiger partial charge in [0.1, 0.15) is 0 Å². The number of nitrogens with one attached hydrogen (secondary N) is 1. The van der Waals surface area contributed by atoms with Crippen molar-refractivity contribution in [2.24, 2.45) is 0 Å². The van der Waals surface area contributed by atoms with Gasteiger partial charge in [-0.3, -0.25) is 4.98 Å². The van der Waals surface area contributed by atoms with Crippen LogP contribution in [-0.2, 0) is 0 Å². The molecule has 0 spiro atoms. The van der Waals surface area contributed by atoms with Gasteiger partial charge in [0.15, 0.2) is 5.13 Å². The fourth-order valence-corrected chi connectivity index (χ4v) is 2.86. The summed E-state index contributed by atoms with van der Waals surface area (Å²) in [4.78, 5) is 9.98. The molecule has 94 valence electrons. The predicted molar refractivity (Wildman–Crippen MR) is 80.3 cm³/mol. The van der Waals surface area contributed by atoms with Gasteiger partial charge in [-0.25, -0.2) is 4.98 Å². The third kappa shape index (κ3) is 2.35. The first-order valence-electron chi connectivity index (χ1n) is 6.03. The van der Waals surface area contributed by atoms with E-state index in [0.717, 1.165) is 21.3 Å². The van der Waals surface area contributed by atoms with Gasteiger partial charge in [-0.05, 0) is 17.7 Å². The van der Waals surface area contributed by atoms with Crippen LogP contribution in [0.15, 0.2) is 54.9 Å². The van der Waals surface area contributed by atoms with Crippen molar-refractivity contribution in [3.8, 4) is 21.7 Å². The molecule has 0 radical (unpaired) electrons. The van der Waals surface area contributed by atoms with E-state index in [4.69, 9.17) is 0 Å². The van der Waals surface area contributed by atoms with E-state index >= 15 is 0 Å². The van der Waals surface area contributed by atoms with E-state index in [-0.39, 0.29) is 0 Å². The number of benzene rings is 1. The molecule has 19 heavy (non-hydrogen) atoms. The van der Waals surface area contributed by atoms with Gasteiger partial charge in [0.2, 0.25) is 0 Å². The lowest BCUT2D eigenvalue weighted by Gasteiger charge is -2.01. The molecule has 1 N–H and O–H groups in total. The van der Waals surface area contributed by atoms with Crippen LogP contribution in [-0.4, -0.2) is 17.0 Å². The molecule has 0 aliphatic carbocycles. The number of nitrogens with zero attached hydrogens (tertiary/aromatic N) is 2. The Labute approximate surface area is 116 Å². The van der Waals surface area contributed by atoms with Crippen LogP contribution in [0.5, 0.6) is 0 Å². The lowest BCUT2D eigenvalue weighted by molar-refractivity contribution is 1.30. The predicted octanol–water partition coefficient (Wildman–Crippen LogP) is 3.91. The van der Waals surface area contributed by atoms with Gasteiger partial charge in [-0.2, -0.15) is 0 Å². The monoisotopic (exact) mass is 267 g/mol. The van der Waals surface area contributed by atoms with Crippen LogP contribution in [0.25, 0.3) is 21.7 Å². The van der Waals surface area contributed by atoms with Crippen LogP contribution >= 0.6 is 11.3 Å². The minimum atomic E-state index is 0.915. The molecule has 2 heterocycles. The maximum absolute atomic E-state index is 4.64. The van der Waals surface area contributed by atoms with Crippen LogP contribution < -0.4 is 5.32 Å². The van der Waals surface area contributed by atoms with Gasteiger partial charge < -0.3 is 5.32 Å². The molecule has 0 saturated heterocycles. The molecule has 3 rings (SSSR count). The van der Waals surface area contributed by atoms with Gasteiger partial charge in [0, 0.05) is 25.0 Å². The number of rotatable bonds is 3. The van der Waals surface area contributed by atoms with E-state index in [1.165, 1.54) is 5.56 Å². The van der Waals surface area contributed by atoms with E-state index in [1.807, 2.05) is 43.6 Å². The Morgan fingerprint density at radius 2 is 1.79 bits per heavy atom. The molecule has 2 aromatic heterocycles. The van der Waals surface area contributed by atoms with Crippen molar-refractivity contribution in [2.75, 3.05) is 12.4 Å². The molecule has 3 nitrogen and oxygen atoms in total. The average Bonchev–Trinajstić information content (AvgIpc) is 2.93. The van der Waals surface area contributed by atoms with Crippen LogP contribution in [0.3, 0.4) is 0 Å². The maximum Gasteiger partial charge on any atom is 0.183 e. The summed E-state index contributed by atoms with van der Waals surface area (Å²) in [6.45, 7) is 0. The van der Waals surface area contributed by atoms with E-state index in [2.05, 4.69) is 27.4 Å². The molecular formula is C15H13N3S. The van der Waals surface area contributed by atoms with Crippen molar-refractivity contribution in [1.29, 1.82) is 0 Å². The number of hydrogen-bond donors (Lipinski definition) is 1. The van der Waals surface area contributed by atoms with Crippen molar-refractivity contribution in [3.63, 3.8) is 0 Å². The zero-order valence-corrected chi connectivity index (χ0v) is 11.3. The average molecular weight is 267 g/mol. The molecule has 0 saturated carbocycles. The van der Waals surface area contributed by atoms with Crippen LogP contribution in [0, 0.1) is 0 Å². The fraction of sp³-hybridized carbons (Fsp3) is 0.0667. The third-order valence-corrected chi connectivity index (χ3v) is 3.93. The smallest absolute Gasteiger partial charge is 0.183 e. The van der Waals surface area contributed by atoms with Gasteiger partial charge in [0.05, 0.1) is 10.6 Å². The Morgan fingerprint density at radius 1 is 1.00 bits per heavy atom. The molecule has 0 fully saturated rings. The Bertz CT molecular complexity index is 605. The molecule has 0 unspecified atom stereocenters. The fourth-order valence-electron chi connectivity index (χ4n) is 1.91. The standard InChI is InChI=1S/C15H13N3S/c1-16-15-18-13(12-8-5-9-17-10-12)14(19-15)11-6-3-2-4-7-11/h2-10H,1H3,(H,16,18). The molecular weight excluding hydrogens is 254 g/mol. The molecule has 0 bridgehead atoms. The number of thiazole rings is 1. The highest BCUT2D eigenvalue weighted by atomic mass is 32.1. The Morgan fingerprint density at radius 3 is 2.47 bits per heavy atom. The van der Waals surface area contributed by atoms with E-state index < -0.39 is 0 Å². The van der Waals surface area contributed by atoms with E-state index in [1.54, 1.807) is 17.5 Å². The van der Waals surface area contributed by atoms with Crippen molar-refractivity contribution >= 4 is 16.5 Å². The summed E-state index contributed by atoms with van der Waals surface area (Å²) < 4.78 is 0. The van der Waals surface area contributed by atoms with Crippen molar-refractivity contribution in [1.82, 2.24) is 9.97 Å². The van der Waals surface area contributed by atoms with Crippen LogP contribution in [0.2, 0.25) is 0 Å². The highest BCUT2D eigenvalue weighted by Crippen LogP contribution is 2.38. The lowest BCUT2D eigenvalue weighted by Crippen LogP contribution is -1.86. The molecule has 0 aliphatic heterocycles. The molecule has 0 amide bonds. The summed E-state index contributed by atoms with van der Waals surface area (Å²) in [5.74, 6) is 0. The first-order chi connectivity index (χ1) is 9.38. The molecule has 3 aromatic rings. The Balaban J connectivity index is 2.17. The van der Waals surface area contributed by atoms with Gasteiger partial charge >= 0.3 is 0 Å². The molecule has 4 heteroatoms. The van der Waals surface area contributed by atoms with Gasteiger partial charge in [-0.15, -0.1) is 0 Å². The van der Waals surface area contributed by atoms with Crippen LogP contribution in [0.1, 0.15) is 0 Å². The summed E-state index contributed by atoms with van der Waals surface area (Å²) in [6, 6.07) is 14.3. The molecule has 0 atom stereocenters. The van der Waals surface area contributed by atoms with E-state index in [9.17, 15) is 0 Å². The second kappa shape index (κ2) is 5.20. The highest BCUT2D eigenvalue weighted by Gasteiger charge is 2.14. The normalized spacial score (nSPS) is 10.4. The summed E-state index contributed by atoms with van der Waals surface area (Å²) in [7, 11) is 1.89. The number of hydrogen-bond acceptors (Lipinski definition) is 4. The minimum absolute atomic E-state index is 0.915. The largest absolute Gasteiger partial charge is 0.365 e. The zero-order valence-electron chi connectivity index (χ0n) is 10.5. The van der Waals surface area contributed by atoms with Crippen molar-refractivity contribution in [2.45, 2.75) is 0 Å². The first kappa shape index (κ1) is 11.9. The topological polar surface area (TPSA) is 37.8 Å². The maximum atomic E-state index is 4.64. The first-order valence-corrected chi connectivity index (χ1v) is 6.84. The number of pyridine rings is 1. The SMILES string of the molecule is CNc1nc(-c2cccnc2)c(-c2ccccc2)s1. The lowest BCUT2D eigenvalue weighted by atomic mass is 10.1. The van der Waals surface area contributed by atoms with Crippen molar-refractivity contribution < 1.29 is 0 Å².